The zero-order valence-electron chi connectivity index (χ0n) is 23.7. The van der Waals surface area contributed by atoms with Gasteiger partial charge in [-0.15, -0.1) is 5.10 Å². The van der Waals surface area contributed by atoms with E-state index < -0.39 is 0 Å². The number of nitrogens with zero attached hydrogens (tertiary/aromatic N) is 5. The first-order chi connectivity index (χ1) is 19.3. The molecule has 0 spiro atoms. The lowest BCUT2D eigenvalue weighted by molar-refractivity contribution is 0.172. The summed E-state index contributed by atoms with van der Waals surface area (Å²) in [6, 6.07) is 11.6. The maximum atomic E-state index is 13.2. The van der Waals surface area contributed by atoms with Crippen molar-refractivity contribution in [3.8, 4) is 23.0 Å². The van der Waals surface area contributed by atoms with E-state index in [1.54, 1.807) is 14.2 Å². The van der Waals surface area contributed by atoms with E-state index in [2.05, 4.69) is 46.2 Å². The van der Waals surface area contributed by atoms with E-state index in [0.717, 1.165) is 29.6 Å². The number of pyridine rings is 1. The zero-order valence-corrected chi connectivity index (χ0v) is 23.7. The minimum Gasteiger partial charge on any atom is -0.493 e. The number of rotatable bonds is 11. The molecule has 0 aliphatic carbocycles. The quantitative estimate of drug-likeness (QED) is 0.299. The highest BCUT2D eigenvalue weighted by molar-refractivity contribution is 5.83. The summed E-state index contributed by atoms with van der Waals surface area (Å²) in [7, 11) is 3.25. The summed E-state index contributed by atoms with van der Waals surface area (Å²) in [5.41, 5.74) is 2.06. The highest BCUT2D eigenvalue weighted by Gasteiger charge is 2.25. The van der Waals surface area contributed by atoms with Crippen molar-refractivity contribution in [1.29, 1.82) is 0 Å². The molecule has 1 aliphatic rings. The van der Waals surface area contributed by atoms with Crippen molar-refractivity contribution in [2.75, 3.05) is 34.0 Å². The fourth-order valence-electron chi connectivity index (χ4n) is 4.81. The maximum absolute atomic E-state index is 13.2. The van der Waals surface area contributed by atoms with E-state index in [0.29, 0.717) is 66.9 Å². The fraction of sp³-hybridized carbons (Fsp3) is 0.448. The van der Waals surface area contributed by atoms with Crippen molar-refractivity contribution in [2.45, 2.75) is 52.2 Å². The van der Waals surface area contributed by atoms with Crippen LogP contribution in [0, 0.1) is 0 Å². The van der Waals surface area contributed by atoms with E-state index in [4.69, 9.17) is 18.9 Å². The first-order valence-electron chi connectivity index (χ1n) is 13.5. The first-order valence-corrected chi connectivity index (χ1v) is 13.5. The van der Waals surface area contributed by atoms with Gasteiger partial charge in [0.15, 0.2) is 28.8 Å². The topological polar surface area (TPSA) is 117 Å². The fourth-order valence-corrected chi connectivity index (χ4v) is 4.81. The van der Waals surface area contributed by atoms with Crippen LogP contribution in [0.2, 0.25) is 0 Å². The molecule has 0 saturated heterocycles. The predicted molar refractivity (Wildman–Crippen MR) is 150 cm³/mol. The van der Waals surface area contributed by atoms with Gasteiger partial charge in [-0.2, -0.15) is 0 Å². The smallest absolute Gasteiger partial charge is 0.252 e. The third kappa shape index (κ3) is 5.74. The Hall–Kier alpha value is -4.12. The van der Waals surface area contributed by atoms with E-state index in [1.165, 1.54) is 0 Å². The summed E-state index contributed by atoms with van der Waals surface area (Å²) in [5.74, 6) is 3.44. The van der Waals surface area contributed by atoms with Crippen LogP contribution in [0.25, 0.3) is 10.9 Å². The molecule has 0 bridgehead atoms. The Labute approximate surface area is 233 Å². The molecular weight excluding hydrogens is 512 g/mol. The zero-order chi connectivity index (χ0) is 28.3. The standard InChI is InChI=1S/C29H36N6O5/c1-6-29(2,3)35-27(31-32-33-35)18-34(10-9-19-7-8-23(37-4)24(13-19)38-5)17-21-14-20-15-25-26(40-12-11-39-25)16-22(20)30-28(21)36/h7-8,13-16H,6,9-12,17-18H2,1-5H3,(H,30,36). The second-order valence-electron chi connectivity index (χ2n) is 10.5. The Morgan fingerprint density at radius 1 is 1.02 bits per heavy atom. The van der Waals surface area contributed by atoms with Crippen LogP contribution in [0.5, 0.6) is 23.0 Å². The molecule has 3 heterocycles. The monoisotopic (exact) mass is 548 g/mol. The van der Waals surface area contributed by atoms with Gasteiger partial charge in [0.05, 0.1) is 31.8 Å². The van der Waals surface area contributed by atoms with E-state index in [1.807, 2.05) is 41.1 Å². The van der Waals surface area contributed by atoms with Gasteiger partial charge in [-0.3, -0.25) is 9.69 Å². The number of tetrazole rings is 1. The van der Waals surface area contributed by atoms with Gasteiger partial charge in [0.2, 0.25) is 0 Å². The van der Waals surface area contributed by atoms with Crippen molar-refractivity contribution in [1.82, 2.24) is 30.1 Å². The van der Waals surface area contributed by atoms with Gasteiger partial charge in [-0.1, -0.05) is 13.0 Å². The van der Waals surface area contributed by atoms with Crippen LogP contribution in [0.4, 0.5) is 0 Å². The average Bonchev–Trinajstić information content (AvgIpc) is 3.44. The molecule has 2 aromatic carbocycles. The summed E-state index contributed by atoms with van der Waals surface area (Å²) in [6.45, 7) is 8.87. The highest BCUT2D eigenvalue weighted by atomic mass is 16.6. The summed E-state index contributed by atoms with van der Waals surface area (Å²) >= 11 is 0. The van der Waals surface area contributed by atoms with Crippen LogP contribution >= 0.6 is 0 Å². The third-order valence-corrected chi connectivity index (χ3v) is 7.48. The molecule has 4 aromatic rings. The van der Waals surface area contributed by atoms with Crippen LogP contribution in [0.3, 0.4) is 0 Å². The Morgan fingerprint density at radius 3 is 2.50 bits per heavy atom. The van der Waals surface area contributed by atoms with Gasteiger partial charge < -0.3 is 23.9 Å². The first kappa shape index (κ1) is 27.4. The average molecular weight is 549 g/mol. The molecular formula is C29H36N6O5. The number of hydrogen-bond donors (Lipinski definition) is 1. The maximum Gasteiger partial charge on any atom is 0.252 e. The molecule has 1 N–H and O–H groups in total. The number of aromatic nitrogens is 5. The number of methoxy groups -OCH3 is 2. The van der Waals surface area contributed by atoms with Crippen molar-refractivity contribution >= 4 is 10.9 Å². The molecule has 11 heteroatoms. The number of fused-ring (bicyclic) bond motifs is 2. The highest BCUT2D eigenvalue weighted by Crippen LogP contribution is 2.34. The molecule has 0 radical (unpaired) electrons. The lowest BCUT2D eigenvalue weighted by Crippen LogP contribution is -2.33. The van der Waals surface area contributed by atoms with Crippen LogP contribution in [0.1, 0.15) is 44.1 Å². The number of hydrogen-bond acceptors (Lipinski definition) is 9. The predicted octanol–water partition coefficient (Wildman–Crippen LogP) is 3.69. The molecule has 212 valence electrons. The van der Waals surface area contributed by atoms with Gasteiger partial charge in [-0.05, 0) is 66.9 Å². The minimum atomic E-state index is -0.241. The van der Waals surface area contributed by atoms with Crippen molar-refractivity contribution < 1.29 is 18.9 Å². The summed E-state index contributed by atoms with van der Waals surface area (Å²) < 4.78 is 24.2. The molecule has 2 aromatic heterocycles. The van der Waals surface area contributed by atoms with Crippen molar-refractivity contribution in [3.05, 3.63) is 63.7 Å². The van der Waals surface area contributed by atoms with Gasteiger partial charge in [0.25, 0.3) is 5.56 Å². The minimum absolute atomic E-state index is 0.145. The molecule has 40 heavy (non-hydrogen) atoms. The molecule has 0 unspecified atom stereocenters. The molecule has 0 amide bonds. The van der Waals surface area contributed by atoms with E-state index in [-0.39, 0.29) is 11.1 Å². The largest absolute Gasteiger partial charge is 0.493 e. The third-order valence-electron chi connectivity index (χ3n) is 7.48. The molecule has 0 fully saturated rings. The van der Waals surface area contributed by atoms with Gasteiger partial charge in [0.1, 0.15) is 13.2 Å². The Kier molecular flexibility index (Phi) is 7.92. The molecule has 0 saturated carbocycles. The second-order valence-corrected chi connectivity index (χ2v) is 10.5. The lowest BCUT2D eigenvalue weighted by Gasteiger charge is -2.27. The van der Waals surface area contributed by atoms with Gasteiger partial charge in [0, 0.05) is 30.1 Å². The molecule has 1 aliphatic heterocycles. The summed E-state index contributed by atoms with van der Waals surface area (Å²) in [6.07, 6.45) is 1.60. The number of benzene rings is 2. The molecule has 11 nitrogen and oxygen atoms in total. The number of nitrogens with one attached hydrogen (secondary N) is 1. The van der Waals surface area contributed by atoms with Crippen molar-refractivity contribution in [2.24, 2.45) is 0 Å². The van der Waals surface area contributed by atoms with E-state index >= 15 is 0 Å². The summed E-state index contributed by atoms with van der Waals surface area (Å²) in [5, 5.41) is 13.5. The SMILES string of the molecule is CCC(C)(C)n1nnnc1CN(CCc1ccc(OC)c(OC)c1)Cc1cc2cc3c(cc2[nH]c1=O)OCCO3. The van der Waals surface area contributed by atoms with Crippen LogP contribution < -0.4 is 24.5 Å². The van der Waals surface area contributed by atoms with Crippen LogP contribution in [-0.4, -0.2) is 64.1 Å². The van der Waals surface area contributed by atoms with Crippen LogP contribution in [-0.2, 0) is 25.0 Å². The van der Waals surface area contributed by atoms with E-state index in [9.17, 15) is 4.79 Å². The summed E-state index contributed by atoms with van der Waals surface area (Å²) in [4.78, 5) is 18.4. The Morgan fingerprint density at radius 2 is 1.77 bits per heavy atom. The Bertz CT molecular complexity index is 1550. The van der Waals surface area contributed by atoms with Gasteiger partial charge in [-0.25, -0.2) is 4.68 Å². The molecule has 0 atom stereocenters. The number of H-pyrrole nitrogens is 1. The second kappa shape index (κ2) is 11.5. The normalized spacial score (nSPS) is 13.2. The molecule has 5 rings (SSSR count). The number of ether oxygens (including phenoxy) is 4. The number of aromatic amines is 1. The lowest BCUT2D eigenvalue weighted by atomic mass is 10.0. The van der Waals surface area contributed by atoms with Gasteiger partial charge >= 0.3 is 0 Å². The Balaban J connectivity index is 1.45. The van der Waals surface area contributed by atoms with Crippen LogP contribution in [0.15, 0.2) is 41.2 Å². The van der Waals surface area contributed by atoms with Crippen molar-refractivity contribution in [3.63, 3.8) is 0 Å².